The molecule has 0 aliphatic carbocycles. The van der Waals surface area contributed by atoms with Crippen molar-refractivity contribution in [1.82, 2.24) is 4.57 Å². The van der Waals surface area contributed by atoms with Crippen LogP contribution in [-0.2, 0) is 7.05 Å². The minimum atomic E-state index is -0.259. The van der Waals surface area contributed by atoms with Gasteiger partial charge in [0.15, 0.2) is 0 Å². The van der Waals surface area contributed by atoms with Crippen LogP contribution < -0.4 is 15.2 Å². The molecule has 1 aromatic heterocycles. The third-order valence-corrected chi connectivity index (χ3v) is 5.59. The molecule has 0 radical (unpaired) electrons. The van der Waals surface area contributed by atoms with Gasteiger partial charge in [0.1, 0.15) is 23.5 Å². The lowest BCUT2D eigenvalue weighted by Crippen LogP contribution is -2.40. The minimum absolute atomic E-state index is 0.0551. The number of fused-ring (bicyclic) bond motifs is 1. The zero-order valence-corrected chi connectivity index (χ0v) is 16.3. The number of para-hydroxylation sites is 2. The Morgan fingerprint density at radius 1 is 1.11 bits per heavy atom. The molecule has 1 fully saturated rings. The Hall–Kier alpha value is -2.97. The molecule has 2 heterocycles. The topological polar surface area (TPSA) is 58.3 Å². The molecule has 1 aliphatic rings. The molecule has 6 heteroatoms. The molecule has 28 heavy (non-hydrogen) atoms. The number of aryl methyl sites for hydroxylation is 1. The van der Waals surface area contributed by atoms with E-state index in [0.717, 1.165) is 29.4 Å². The number of rotatable bonds is 3. The van der Waals surface area contributed by atoms with Crippen molar-refractivity contribution in [3.8, 4) is 11.8 Å². The van der Waals surface area contributed by atoms with Gasteiger partial charge in [-0.3, -0.25) is 4.79 Å². The average molecular weight is 394 g/mol. The quantitative estimate of drug-likeness (QED) is 0.671. The number of hydrogen-bond acceptors (Lipinski definition) is 4. The van der Waals surface area contributed by atoms with Gasteiger partial charge in [-0.15, -0.1) is 0 Å². The Labute approximate surface area is 168 Å². The van der Waals surface area contributed by atoms with Crippen molar-refractivity contribution in [2.24, 2.45) is 7.05 Å². The number of hydrogen-bond donors (Lipinski definition) is 0. The van der Waals surface area contributed by atoms with Crippen molar-refractivity contribution in [2.75, 3.05) is 18.0 Å². The maximum Gasteiger partial charge on any atom is 0.270 e. The van der Waals surface area contributed by atoms with E-state index in [9.17, 15) is 10.1 Å². The molecule has 0 bridgehead atoms. The van der Waals surface area contributed by atoms with Crippen molar-refractivity contribution >= 4 is 28.2 Å². The van der Waals surface area contributed by atoms with E-state index in [1.54, 1.807) is 11.6 Å². The molecular weight excluding hydrogens is 374 g/mol. The molecule has 0 spiro atoms. The average Bonchev–Trinajstić information content (AvgIpc) is 2.73. The van der Waals surface area contributed by atoms with E-state index in [1.807, 2.05) is 48.5 Å². The van der Waals surface area contributed by atoms with Crippen LogP contribution in [0.4, 0.5) is 5.69 Å². The van der Waals surface area contributed by atoms with Crippen LogP contribution in [-0.4, -0.2) is 23.8 Å². The number of aromatic nitrogens is 1. The number of nitrogens with zero attached hydrogens (tertiary/aromatic N) is 3. The molecule has 0 atom stereocenters. The summed E-state index contributed by atoms with van der Waals surface area (Å²) in [5, 5.41) is 11.2. The predicted molar refractivity (Wildman–Crippen MR) is 111 cm³/mol. The first kappa shape index (κ1) is 18.4. The third kappa shape index (κ3) is 3.21. The molecule has 5 nitrogen and oxygen atoms in total. The third-order valence-electron chi connectivity index (χ3n) is 5.28. The van der Waals surface area contributed by atoms with E-state index in [0.29, 0.717) is 23.9 Å². The van der Waals surface area contributed by atoms with Gasteiger partial charge in [-0.2, -0.15) is 5.26 Å². The highest BCUT2D eigenvalue weighted by molar-refractivity contribution is 6.32. The monoisotopic (exact) mass is 393 g/mol. The molecule has 1 saturated heterocycles. The van der Waals surface area contributed by atoms with E-state index in [1.165, 1.54) is 0 Å². The first-order valence-corrected chi connectivity index (χ1v) is 9.66. The molecular formula is C22H20ClN3O2. The van der Waals surface area contributed by atoms with Gasteiger partial charge in [-0.05, 0) is 18.2 Å². The number of anilines is 1. The molecule has 1 aliphatic heterocycles. The summed E-state index contributed by atoms with van der Waals surface area (Å²) in [6.07, 6.45) is 1.64. The fourth-order valence-electron chi connectivity index (χ4n) is 3.83. The molecule has 2 aromatic carbocycles. The van der Waals surface area contributed by atoms with Crippen LogP contribution in [0.25, 0.3) is 10.9 Å². The van der Waals surface area contributed by atoms with Gasteiger partial charge in [-0.25, -0.2) is 0 Å². The molecule has 3 aromatic rings. The highest BCUT2D eigenvalue weighted by atomic mass is 35.5. The van der Waals surface area contributed by atoms with Crippen molar-refractivity contribution in [3.05, 3.63) is 69.5 Å². The minimum Gasteiger partial charge on any atom is -0.489 e. The van der Waals surface area contributed by atoms with Gasteiger partial charge < -0.3 is 14.2 Å². The van der Waals surface area contributed by atoms with Crippen molar-refractivity contribution in [1.29, 1.82) is 5.26 Å². The lowest BCUT2D eigenvalue weighted by atomic mass is 10.0. The maximum atomic E-state index is 12.7. The zero-order chi connectivity index (χ0) is 19.7. The lowest BCUT2D eigenvalue weighted by Gasteiger charge is -2.35. The van der Waals surface area contributed by atoms with Crippen molar-refractivity contribution in [3.63, 3.8) is 0 Å². The lowest BCUT2D eigenvalue weighted by molar-refractivity contribution is 0.171. The molecule has 4 rings (SSSR count). The van der Waals surface area contributed by atoms with Gasteiger partial charge in [0.25, 0.3) is 5.56 Å². The second-order valence-electron chi connectivity index (χ2n) is 6.95. The van der Waals surface area contributed by atoms with Crippen LogP contribution in [0.2, 0.25) is 5.02 Å². The van der Waals surface area contributed by atoms with E-state index >= 15 is 0 Å². The summed E-state index contributed by atoms with van der Waals surface area (Å²) in [4.78, 5) is 14.8. The van der Waals surface area contributed by atoms with Gasteiger partial charge in [-0.1, -0.05) is 41.9 Å². The Morgan fingerprint density at radius 2 is 1.79 bits per heavy atom. The first-order valence-electron chi connectivity index (χ1n) is 9.28. The molecule has 0 saturated carbocycles. The summed E-state index contributed by atoms with van der Waals surface area (Å²) in [7, 11) is 1.71. The molecule has 0 amide bonds. The number of piperidine rings is 1. The normalized spacial score (nSPS) is 14.8. The molecule has 0 unspecified atom stereocenters. The summed E-state index contributed by atoms with van der Waals surface area (Å²) < 4.78 is 7.61. The standard InChI is InChI=1S/C22H20ClN3O2/c1-25-19-8-4-2-6-16(19)21(17(14-24)22(25)27)26-12-10-15(11-13-26)28-20-9-5-3-7-18(20)23/h2-9,15H,10-13H2,1H3. The molecule has 0 N–H and O–H groups in total. The SMILES string of the molecule is Cn1c(=O)c(C#N)c(N2CCC(Oc3ccccc3Cl)CC2)c2ccccc21. The van der Waals surface area contributed by atoms with E-state index in [-0.39, 0.29) is 17.2 Å². The van der Waals surface area contributed by atoms with E-state index < -0.39 is 0 Å². The number of pyridine rings is 1. The van der Waals surface area contributed by atoms with Crippen molar-refractivity contribution in [2.45, 2.75) is 18.9 Å². The van der Waals surface area contributed by atoms with Crippen LogP contribution in [0, 0.1) is 11.3 Å². The van der Waals surface area contributed by atoms with Crippen LogP contribution in [0.3, 0.4) is 0 Å². The summed E-state index contributed by atoms with van der Waals surface area (Å²) in [5.74, 6) is 0.694. The summed E-state index contributed by atoms with van der Waals surface area (Å²) >= 11 is 6.20. The van der Waals surface area contributed by atoms with E-state index in [4.69, 9.17) is 16.3 Å². The Morgan fingerprint density at radius 3 is 2.50 bits per heavy atom. The van der Waals surface area contributed by atoms with Crippen molar-refractivity contribution < 1.29 is 4.74 Å². The van der Waals surface area contributed by atoms with Crippen LogP contribution in [0.5, 0.6) is 5.75 Å². The van der Waals surface area contributed by atoms with Crippen LogP contribution in [0.15, 0.2) is 53.3 Å². The highest BCUT2D eigenvalue weighted by Crippen LogP contribution is 2.32. The first-order chi connectivity index (χ1) is 13.6. The Balaban J connectivity index is 1.63. The maximum absolute atomic E-state index is 12.7. The van der Waals surface area contributed by atoms with Gasteiger partial charge >= 0.3 is 0 Å². The Kier molecular flexibility index (Phi) is 4.97. The van der Waals surface area contributed by atoms with E-state index in [2.05, 4.69) is 11.0 Å². The van der Waals surface area contributed by atoms with Gasteiger partial charge in [0.2, 0.25) is 0 Å². The number of benzene rings is 2. The largest absolute Gasteiger partial charge is 0.489 e. The second-order valence-corrected chi connectivity index (χ2v) is 7.36. The smallest absolute Gasteiger partial charge is 0.270 e. The second kappa shape index (κ2) is 7.57. The summed E-state index contributed by atoms with van der Waals surface area (Å²) in [6.45, 7) is 1.42. The summed E-state index contributed by atoms with van der Waals surface area (Å²) in [6, 6.07) is 17.3. The zero-order valence-electron chi connectivity index (χ0n) is 15.6. The number of ether oxygens (including phenoxy) is 1. The highest BCUT2D eigenvalue weighted by Gasteiger charge is 2.26. The Bertz CT molecular complexity index is 1120. The molecule has 142 valence electrons. The number of nitriles is 1. The van der Waals surface area contributed by atoms with Crippen LogP contribution in [0.1, 0.15) is 18.4 Å². The fraction of sp³-hybridized carbons (Fsp3) is 0.273. The van der Waals surface area contributed by atoms with Gasteiger partial charge in [0, 0.05) is 38.4 Å². The fourth-order valence-corrected chi connectivity index (χ4v) is 4.01. The van der Waals surface area contributed by atoms with Gasteiger partial charge in [0.05, 0.1) is 16.2 Å². The van der Waals surface area contributed by atoms with Crippen LogP contribution >= 0.6 is 11.6 Å². The predicted octanol–water partition coefficient (Wildman–Crippen LogP) is 4.11. The number of halogens is 1. The summed E-state index contributed by atoms with van der Waals surface area (Å²) in [5.41, 5.74) is 1.51.